The van der Waals surface area contributed by atoms with Gasteiger partial charge in [-0.3, -0.25) is 0 Å². The van der Waals surface area contributed by atoms with Gasteiger partial charge < -0.3 is 24.8 Å². The van der Waals surface area contributed by atoms with Gasteiger partial charge in [0.2, 0.25) is 11.7 Å². The number of hydrogen-bond acceptors (Lipinski definition) is 7. The summed E-state index contributed by atoms with van der Waals surface area (Å²) in [6.45, 7) is 2.36. The second-order valence-electron chi connectivity index (χ2n) is 6.24. The molecule has 2 N–H and O–H groups in total. The Morgan fingerprint density at radius 2 is 1.55 bits per heavy atom. The van der Waals surface area contributed by atoms with E-state index in [2.05, 4.69) is 20.6 Å². The zero-order valence-electron chi connectivity index (χ0n) is 16.7. The van der Waals surface area contributed by atoms with E-state index in [-0.39, 0.29) is 5.82 Å². The van der Waals surface area contributed by atoms with Crippen LogP contribution < -0.4 is 24.8 Å². The summed E-state index contributed by atoms with van der Waals surface area (Å²) in [5, 5.41) is 6.39. The molecule has 0 aliphatic rings. The topological polar surface area (TPSA) is 77.5 Å². The van der Waals surface area contributed by atoms with Crippen molar-refractivity contribution in [1.82, 2.24) is 9.97 Å². The smallest absolute Gasteiger partial charge is 0.225 e. The highest BCUT2D eigenvalue weighted by molar-refractivity contribution is 5.67. The summed E-state index contributed by atoms with van der Waals surface area (Å²) in [6.07, 6.45) is 0. The minimum absolute atomic E-state index is 0.266. The third-order valence-corrected chi connectivity index (χ3v) is 4.16. The van der Waals surface area contributed by atoms with Crippen LogP contribution in [0.5, 0.6) is 17.2 Å². The Labute approximate surface area is 168 Å². The van der Waals surface area contributed by atoms with Gasteiger partial charge in [0.25, 0.3) is 0 Å². The van der Waals surface area contributed by atoms with E-state index < -0.39 is 0 Å². The lowest BCUT2D eigenvalue weighted by Gasteiger charge is -2.15. The fraction of sp³-hybridized carbons (Fsp3) is 0.238. The summed E-state index contributed by atoms with van der Waals surface area (Å²) < 4.78 is 29.2. The van der Waals surface area contributed by atoms with Crippen molar-refractivity contribution in [2.45, 2.75) is 13.5 Å². The number of hydrogen-bond donors (Lipinski definition) is 2. The van der Waals surface area contributed by atoms with Crippen LogP contribution in [0.3, 0.4) is 0 Å². The number of methoxy groups -OCH3 is 3. The fourth-order valence-corrected chi connectivity index (χ4v) is 2.80. The van der Waals surface area contributed by atoms with Crippen molar-refractivity contribution in [1.29, 1.82) is 0 Å². The summed E-state index contributed by atoms with van der Waals surface area (Å²) in [5.41, 5.74) is 2.44. The van der Waals surface area contributed by atoms with Crippen LogP contribution in [0, 0.1) is 12.7 Å². The SMILES string of the molecule is COc1cc(Nc2cc(C)nc(NCc3ccc(F)cc3)n2)cc(OC)c1OC. The maximum Gasteiger partial charge on any atom is 0.225 e. The van der Waals surface area contributed by atoms with E-state index in [1.54, 1.807) is 45.6 Å². The van der Waals surface area contributed by atoms with Crippen LogP contribution in [0.15, 0.2) is 42.5 Å². The molecule has 0 spiro atoms. The first-order valence-corrected chi connectivity index (χ1v) is 8.93. The molecular weight excluding hydrogens is 375 g/mol. The molecule has 0 amide bonds. The number of aromatic nitrogens is 2. The molecule has 152 valence electrons. The molecule has 1 aromatic heterocycles. The summed E-state index contributed by atoms with van der Waals surface area (Å²) in [6, 6.07) is 11.7. The van der Waals surface area contributed by atoms with Crippen molar-refractivity contribution >= 4 is 17.5 Å². The predicted molar refractivity (Wildman–Crippen MR) is 110 cm³/mol. The van der Waals surface area contributed by atoms with Crippen LogP contribution in [0.1, 0.15) is 11.3 Å². The van der Waals surface area contributed by atoms with E-state index in [4.69, 9.17) is 14.2 Å². The molecule has 3 aromatic rings. The largest absolute Gasteiger partial charge is 0.493 e. The summed E-state index contributed by atoms with van der Waals surface area (Å²) in [4.78, 5) is 8.89. The lowest BCUT2D eigenvalue weighted by molar-refractivity contribution is 0.324. The Morgan fingerprint density at radius 3 is 2.14 bits per heavy atom. The molecule has 0 saturated heterocycles. The van der Waals surface area contributed by atoms with Gasteiger partial charge in [0.05, 0.1) is 21.3 Å². The minimum atomic E-state index is -0.266. The van der Waals surface area contributed by atoms with Crippen molar-refractivity contribution in [2.75, 3.05) is 32.0 Å². The molecule has 0 saturated carbocycles. The minimum Gasteiger partial charge on any atom is -0.493 e. The number of nitrogens with zero attached hydrogens (tertiary/aromatic N) is 2. The molecule has 7 nitrogen and oxygen atoms in total. The zero-order valence-corrected chi connectivity index (χ0v) is 16.7. The van der Waals surface area contributed by atoms with Crippen molar-refractivity contribution in [2.24, 2.45) is 0 Å². The molecule has 0 bridgehead atoms. The summed E-state index contributed by atoms with van der Waals surface area (Å²) in [7, 11) is 4.68. The highest BCUT2D eigenvalue weighted by Crippen LogP contribution is 2.40. The lowest BCUT2D eigenvalue weighted by Crippen LogP contribution is -2.06. The van der Waals surface area contributed by atoms with E-state index in [1.165, 1.54) is 12.1 Å². The fourth-order valence-electron chi connectivity index (χ4n) is 2.80. The van der Waals surface area contributed by atoms with Crippen LogP contribution in [-0.2, 0) is 6.54 Å². The van der Waals surface area contributed by atoms with Crippen LogP contribution >= 0.6 is 0 Å². The molecule has 0 unspecified atom stereocenters. The van der Waals surface area contributed by atoms with Crippen LogP contribution in [0.2, 0.25) is 0 Å². The van der Waals surface area contributed by atoms with Gasteiger partial charge in [-0.2, -0.15) is 4.98 Å². The van der Waals surface area contributed by atoms with Gasteiger partial charge in [-0.05, 0) is 24.6 Å². The molecule has 0 aliphatic carbocycles. The highest BCUT2D eigenvalue weighted by atomic mass is 19.1. The first-order chi connectivity index (χ1) is 14.0. The average molecular weight is 398 g/mol. The molecule has 2 aromatic carbocycles. The van der Waals surface area contributed by atoms with Gasteiger partial charge >= 0.3 is 0 Å². The first-order valence-electron chi connectivity index (χ1n) is 8.93. The first kappa shape index (κ1) is 20.2. The molecule has 0 fully saturated rings. The highest BCUT2D eigenvalue weighted by Gasteiger charge is 2.14. The lowest BCUT2D eigenvalue weighted by atomic mass is 10.2. The van der Waals surface area contributed by atoms with Gasteiger partial charge in [0, 0.05) is 36.1 Å². The molecular formula is C21H23FN4O3. The summed E-state index contributed by atoms with van der Waals surface area (Å²) >= 11 is 0. The third kappa shape index (κ3) is 5.04. The number of anilines is 3. The Balaban J connectivity index is 1.80. The number of ether oxygens (including phenoxy) is 3. The number of benzene rings is 2. The van der Waals surface area contributed by atoms with E-state index in [0.717, 1.165) is 16.9 Å². The molecule has 1 heterocycles. The number of nitrogens with one attached hydrogen (secondary N) is 2. The van der Waals surface area contributed by atoms with Gasteiger partial charge in [0.15, 0.2) is 11.5 Å². The van der Waals surface area contributed by atoms with Gasteiger partial charge in [-0.1, -0.05) is 12.1 Å². The van der Waals surface area contributed by atoms with E-state index in [9.17, 15) is 4.39 Å². The van der Waals surface area contributed by atoms with Gasteiger partial charge in [0.1, 0.15) is 11.6 Å². The monoisotopic (exact) mass is 398 g/mol. The molecule has 8 heteroatoms. The van der Waals surface area contributed by atoms with Gasteiger partial charge in [-0.25, -0.2) is 9.37 Å². The van der Waals surface area contributed by atoms with Crippen LogP contribution in [0.4, 0.5) is 21.8 Å². The van der Waals surface area contributed by atoms with Crippen molar-refractivity contribution in [3.05, 3.63) is 59.5 Å². The van der Waals surface area contributed by atoms with Crippen molar-refractivity contribution in [3.8, 4) is 17.2 Å². The summed E-state index contributed by atoms with van der Waals surface area (Å²) in [5.74, 6) is 2.39. The third-order valence-electron chi connectivity index (χ3n) is 4.16. The number of halogens is 1. The molecule has 0 radical (unpaired) electrons. The van der Waals surface area contributed by atoms with E-state index >= 15 is 0 Å². The molecule has 29 heavy (non-hydrogen) atoms. The van der Waals surface area contributed by atoms with E-state index in [0.29, 0.717) is 35.6 Å². The zero-order chi connectivity index (χ0) is 20.8. The normalized spacial score (nSPS) is 10.4. The van der Waals surface area contributed by atoms with Crippen molar-refractivity contribution < 1.29 is 18.6 Å². The average Bonchev–Trinajstić information content (AvgIpc) is 2.72. The molecule has 0 aliphatic heterocycles. The van der Waals surface area contributed by atoms with Crippen LogP contribution in [-0.4, -0.2) is 31.3 Å². The molecule has 0 atom stereocenters. The Bertz CT molecular complexity index is 955. The second kappa shape index (κ2) is 9.09. The second-order valence-corrected chi connectivity index (χ2v) is 6.24. The Morgan fingerprint density at radius 1 is 0.897 bits per heavy atom. The standard InChI is InChI=1S/C21H23FN4O3/c1-13-9-19(25-16-10-17(27-2)20(29-4)18(11-16)28-3)26-21(24-13)23-12-14-5-7-15(22)8-6-14/h5-11H,12H2,1-4H3,(H2,23,24,25,26). The Kier molecular flexibility index (Phi) is 6.33. The van der Waals surface area contributed by atoms with Crippen molar-refractivity contribution in [3.63, 3.8) is 0 Å². The Hall–Kier alpha value is -3.55. The maximum atomic E-state index is 13.0. The predicted octanol–water partition coefficient (Wildman–Crippen LogP) is 4.31. The number of rotatable bonds is 8. The quantitative estimate of drug-likeness (QED) is 0.586. The molecule has 3 rings (SSSR count). The number of aryl methyl sites for hydroxylation is 1. The van der Waals surface area contributed by atoms with Gasteiger partial charge in [-0.15, -0.1) is 0 Å². The van der Waals surface area contributed by atoms with Crippen LogP contribution in [0.25, 0.3) is 0 Å². The van der Waals surface area contributed by atoms with E-state index in [1.807, 2.05) is 13.0 Å². The maximum absolute atomic E-state index is 13.0.